The summed E-state index contributed by atoms with van der Waals surface area (Å²) in [6.45, 7) is -0.944. The molecule has 2 aromatic rings. The van der Waals surface area contributed by atoms with E-state index in [0.29, 0.717) is 10.7 Å². The van der Waals surface area contributed by atoms with Crippen molar-refractivity contribution in [1.82, 2.24) is 5.32 Å². The van der Waals surface area contributed by atoms with E-state index in [1.54, 1.807) is 24.3 Å². The summed E-state index contributed by atoms with van der Waals surface area (Å²) in [6, 6.07) is 11.4. The fourth-order valence-electron chi connectivity index (χ4n) is 1.81. The average Bonchev–Trinajstić information content (AvgIpc) is 2.60. The van der Waals surface area contributed by atoms with E-state index < -0.39 is 36.8 Å². The number of rotatable bonds is 6. The molecule has 2 N–H and O–H groups in total. The van der Waals surface area contributed by atoms with E-state index in [9.17, 15) is 18.8 Å². The van der Waals surface area contributed by atoms with Crippen LogP contribution in [0.15, 0.2) is 48.5 Å². The Labute approximate surface area is 147 Å². The third-order valence-electron chi connectivity index (χ3n) is 2.97. The number of hydrogen-bond acceptors (Lipinski definition) is 4. The van der Waals surface area contributed by atoms with Crippen LogP contribution in [-0.4, -0.2) is 30.9 Å². The summed E-state index contributed by atoms with van der Waals surface area (Å²) in [4.78, 5) is 34.9. The van der Waals surface area contributed by atoms with Crippen molar-refractivity contribution in [3.8, 4) is 0 Å². The number of hydrogen-bond donors (Lipinski definition) is 2. The number of carbonyl (C=O) groups excluding carboxylic acids is 3. The summed E-state index contributed by atoms with van der Waals surface area (Å²) < 4.78 is 17.8. The maximum atomic E-state index is 13.0. The largest absolute Gasteiger partial charge is 0.454 e. The molecule has 0 radical (unpaired) electrons. The van der Waals surface area contributed by atoms with Gasteiger partial charge in [0.15, 0.2) is 6.61 Å². The Morgan fingerprint density at radius 3 is 2.48 bits per heavy atom. The maximum Gasteiger partial charge on any atom is 0.325 e. The highest BCUT2D eigenvalue weighted by atomic mass is 35.5. The van der Waals surface area contributed by atoms with Gasteiger partial charge < -0.3 is 15.4 Å². The van der Waals surface area contributed by atoms with Crippen molar-refractivity contribution < 1.29 is 23.5 Å². The van der Waals surface area contributed by atoms with Gasteiger partial charge in [-0.25, -0.2) is 4.39 Å². The van der Waals surface area contributed by atoms with Gasteiger partial charge in [-0.3, -0.25) is 14.4 Å². The van der Waals surface area contributed by atoms with Gasteiger partial charge in [0.05, 0.1) is 0 Å². The summed E-state index contributed by atoms with van der Waals surface area (Å²) >= 11 is 5.73. The van der Waals surface area contributed by atoms with Crippen molar-refractivity contribution in [2.75, 3.05) is 18.5 Å². The molecular formula is C17H14ClFN2O4. The first-order chi connectivity index (χ1) is 11.9. The minimum absolute atomic E-state index is 0.0771. The maximum absolute atomic E-state index is 13.0. The monoisotopic (exact) mass is 364 g/mol. The molecule has 130 valence electrons. The summed E-state index contributed by atoms with van der Waals surface area (Å²) in [5, 5.41) is 5.32. The molecule has 0 aliphatic heterocycles. The number of ether oxygens (including phenoxy) is 1. The first-order valence-electron chi connectivity index (χ1n) is 7.19. The van der Waals surface area contributed by atoms with Crippen molar-refractivity contribution in [3.63, 3.8) is 0 Å². The Bertz CT molecular complexity index is 780. The molecule has 0 spiro atoms. The highest BCUT2D eigenvalue weighted by Crippen LogP contribution is 2.13. The van der Waals surface area contributed by atoms with Crippen molar-refractivity contribution in [1.29, 1.82) is 0 Å². The predicted molar refractivity (Wildman–Crippen MR) is 89.8 cm³/mol. The molecule has 6 nitrogen and oxygen atoms in total. The second-order valence-electron chi connectivity index (χ2n) is 4.91. The van der Waals surface area contributed by atoms with E-state index in [4.69, 9.17) is 16.3 Å². The molecule has 2 aromatic carbocycles. The lowest BCUT2D eigenvalue weighted by Gasteiger charge is -2.08. The van der Waals surface area contributed by atoms with Crippen LogP contribution in [0.1, 0.15) is 10.4 Å². The van der Waals surface area contributed by atoms with Crippen molar-refractivity contribution >= 4 is 35.1 Å². The third-order valence-corrected chi connectivity index (χ3v) is 3.22. The Kier molecular flexibility index (Phi) is 6.47. The van der Waals surface area contributed by atoms with Crippen molar-refractivity contribution in [3.05, 3.63) is 64.9 Å². The van der Waals surface area contributed by atoms with Gasteiger partial charge >= 0.3 is 5.97 Å². The normalized spacial score (nSPS) is 10.0. The zero-order valence-corrected chi connectivity index (χ0v) is 13.7. The molecule has 0 atom stereocenters. The Balaban J connectivity index is 1.72. The average molecular weight is 365 g/mol. The lowest BCUT2D eigenvalue weighted by molar-refractivity contribution is -0.146. The van der Waals surface area contributed by atoms with E-state index in [-0.39, 0.29) is 5.56 Å². The molecule has 0 aromatic heterocycles. The van der Waals surface area contributed by atoms with E-state index >= 15 is 0 Å². The van der Waals surface area contributed by atoms with Gasteiger partial charge in [0.2, 0.25) is 0 Å². The first-order valence-corrected chi connectivity index (χ1v) is 7.56. The quantitative estimate of drug-likeness (QED) is 0.771. The Hall–Kier alpha value is -2.93. The minimum Gasteiger partial charge on any atom is -0.454 e. The van der Waals surface area contributed by atoms with Crippen LogP contribution in [0, 0.1) is 5.82 Å². The molecule has 8 heteroatoms. The molecule has 25 heavy (non-hydrogen) atoms. The van der Waals surface area contributed by atoms with Gasteiger partial charge in [0.25, 0.3) is 11.8 Å². The minimum atomic E-state index is -0.795. The SMILES string of the molecule is O=C(COC(=O)CNC(=O)c1cccc(F)c1)Nc1ccc(Cl)cc1. The number of benzene rings is 2. The van der Waals surface area contributed by atoms with Crippen LogP contribution < -0.4 is 10.6 Å². The zero-order valence-electron chi connectivity index (χ0n) is 12.9. The second kappa shape index (κ2) is 8.79. The van der Waals surface area contributed by atoms with E-state index in [0.717, 1.165) is 6.07 Å². The number of halogens is 2. The molecule has 2 amide bonds. The first kappa shape index (κ1) is 18.4. The smallest absolute Gasteiger partial charge is 0.325 e. The highest BCUT2D eigenvalue weighted by molar-refractivity contribution is 6.30. The fraction of sp³-hybridized carbons (Fsp3) is 0.118. The molecule has 0 bridgehead atoms. The van der Waals surface area contributed by atoms with E-state index in [1.807, 2.05) is 0 Å². The van der Waals surface area contributed by atoms with Gasteiger partial charge in [-0.15, -0.1) is 0 Å². The van der Waals surface area contributed by atoms with Crippen LogP contribution in [0.5, 0.6) is 0 Å². The van der Waals surface area contributed by atoms with Crippen LogP contribution in [0.2, 0.25) is 5.02 Å². The van der Waals surface area contributed by atoms with Crippen molar-refractivity contribution in [2.45, 2.75) is 0 Å². The summed E-state index contributed by atoms with van der Waals surface area (Å²) in [7, 11) is 0. The van der Waals surface area contributed by atoms with E-state index in [1.165, 1.54) is 18.2 Å². The zero-order chi connectivity index (χ0) is 18.2. The number of carbonyl (C=O) groups is 3. The van der Waals surface area contributed by atoms with Gasteiger partial charge in [-0.1, -0.05) is 17.7 Å². The van der Waals surface area contributed by atoms with Gasteiger partial charge in [0, 0.05) is 16.3 Å². The number of anilines is 1. The predicted octanol–water partition coefficient (Wildman–Crippen LogP) is 2.39. The lowest BCUT2D eigenvalue weighted by Crippen LogP contribution is -2.32. The van der Waals surface area contributed by atoms with Gasteiger partial charge in [-0.05, 0) is 42.5 Å². The number of amides is 2. The Morgan fingerprint density at radius 1 is 1.08 bits per heavy atom. The molecule has 0 aliphatic carbocycles. The summed E-state index contributed by atoms with van der Waals surface area (Å²) in [5.41, 5.74) is 0.582. The third kappa shape index (κ3) is 6.23. The van der Waals surface area contributed by atoms with Crippen LogP contribution in [0.4, 0.5) is 10.1 Å². The number of nitrogens with one attached hydrogen (secondary N) is 2. The molecule has 0 saturated heterocycles. The summed E-state index contributed by atoms with van der Waals surface area (Å²) in [6.07, 6.45) is 0. The van der Waals surface area contributed by atoms with Crippen LogP contribution in [0.25, 0.3) is 0 Å². The van der Waals surface area contributed by atoms with Crippen LogP contribution in [0.3, 0.4) is 0 Å². The number of esters is 1. The molecule has 0 unspecified atom stereocenters. The molecule has 0 fully saturated rings. The summed E-state index contributed by atoms with van der Waals surface area (Å²) in [5.74, 6) is -2.51. The van der Waals surface area contributed by atoms with Crippen LogP contribution in [-0.2, 0) is 14.3 Å². The molecule has 0 saturated carbocycles. The lowest BCUT2D eigenvalue weighted by atomic mass is 10.2. The molecular weight excluding hydrogens is 351 g/mol. The Morgan fingerprint density at radius 2 is 1.80 bits per heavy atom. The van der Waals surface area contributed by atoms with Gasteiger partial charge in [-0.2, -0.15) is 0 Å². The second-order valence-corrected chi connectivity index (χ2v) is 5.35. The molecule has 0 heterocycles. The van der Waals surface area contributed by atoms with Crippen molar-refractivity contribution in [2.24, 2.45) is 0 Å². The van der Waals surface area contributed by atoms with E-state index in [2.05, 4.69) is 10.6 Å². The fourth-order valence-corrected chi connectivity index (χ4v) is 1.94. The van der Waals surface area contributed by atoms with Gasteiger partial charge in [0.1, 0.15) is 12.4 Å². The molecule has 0 aliphatic rings. The van der Waals surface area contributed by atoms with Crippen LogP contribution >= 0.6 is 11.6 Å². The molecule has 2 rings (SSSR count). The topological polar surface area (TPSA) is 84.5 Å². The highest BCUT2D eigenvalue weighted by Gasteiger charge is 2.11. The standard InChI is InChI=1S/C17H14ClFN2O4/c18-12-4-6-14(7-5-12)21-15(22)10-25-16(23)9-20-17(24)11-2-1-3-13(19)8-11/h1-8H,9-10H2,(H,20,24)(H,21,22).